The highest BCUT2D eigenvalue weighted by Crippen LogP contribution is 2.36. The van der Waals surface area contributed by atoms with E-state index in [1.807, 2.05) is 0 Å². The van der Waals surface area contributed by atoms with Gasteiger partial charge in [-0.15, -0.1) is 0 Å². The van der Waals surface area contributed by atoms with Crippen molar-refractivity contribution in [1.82, 2.24) is 19.5 Å². The molecule has 1 unspecified atom stereocenters. The molecule has 0 saturated carbocycles. The zero-order chi connectivity index (χ0) is 28.5. The molecular weight excluding hydrogens is 604 g/mol. The Morgan fingerprint density at radius 1 is 1.08 bits per heavy atom. The second-order valence-electron chi connectivity index (χ2n) is 7.91. The second kappa shape index (κ2) is 11.2. The lowest BCUT2D eigenvalue weighted by atomic mass is 10.0. The molecule has 0 saturated heterocycles. The summed E-state index contributed by atoms with van der Waals surface area (Å²) < 4.78 is 75.0. The summed E-state index contributed by atoms with van der Waals surface area (Å²) >= 11 is 18.0. The minimum absolute atomic E-state index is 0.0194. The average Bonchev–Trinajstić information content (AvgIpc) is 3.42. The maximum Gasteiger partial charge on any atom is 0.417 e. The molecule has 4 aromatic rings. The lowest BCUT2D eigenvalue weighted by molar-refractivity contribution is -0.137. The van der Waals surface area contributed by atoms with Gasteiger partial charge in [-0.25, -0.2) is 13.1 Å². The maximum absolute atomic E-state index is 13.6. The van der Waals surface area contributed by atoms with Gasteiger partial charge in [0.25, 0.3) is 0 Å². The van der Waals surface area contributed by atoms with E-state index in [9.17, 15) is 26.4 Å². The Morgan fingerprint density at radius 2 is 1.79 bits per heavy atom. The van der Waals surface area contributed by atoms with Crippen molar-refractivity contribution in [3.05, 3.63) is 105 Å². The molecule has 4 rings (SSSR count). The van der Waals surface area contributed by atoms with Gasteiger partial charge in [-0.2, -0.15) is 23.0 Å². The van der Waals surface area contributed by atoms with Crippen LogP contribution in [0.1, 0.15) is 33.4 Å². The molecule has 1 atom stereocenters. The number of carbonyl (C=O) groups excluding carboxylic acids is 1. The van der Waals surface area contributed by atoms with Crippen LogP contribution in [0, 0.1) is 0 Å². The number of aromatic nitrogens is 3. The highest BCUT2D eigenvalue weighted by molar-refractivity contribution is 7.89. The molecule has 39 heavy (non-hydrogen) atoms. The molecule has 0 fully saturated rings. The molecule has 0 radical (unpaired) electrons. The zero-order valence-electron chi connectivity index (χ0n) is 19.6. The average molecular weight is 620 g/mol. The van der Waals surface area contributed by atoms with Crippen molar-refractivity contribution in [3.63, 3.8) is 0 Å². The summed E-state index contributed by atoms with van der Waals surface area (Å²) in [5, 5.41) is 3.54. The van der Waals surface area contributed by atoms with E-state index >= 15 is 0 Å². The largest absolute Gasteiger partial charge is 0.417 e. The van der Waals surface area contributed by atoms with Gasteiger partial charge in [-0.05, 0) is 48.5 Å². The first kappa shape index (κ1) is 29.0. The lowest BCUT2D eigenvalue weighted by Gasteiger charge is -2.21. The van der Waals surface area contributed by atoms with Crippen LogP contribution in [0.2, 0.25) is 15.1 Å². The monoisotopic (exact) mass is 618 g/mol. The summed E-state index contributed by atoms with van der Waals surface area (Å²) in [4.78, 5) is 16.9. The second-order valence-corrected chi connectivity index (χ2v) is 10.9. The number of hydrogen-bond donors (Lipinski definition) is 1. The quantitative estimate of drug-likeness (QED) is 0.189. The third kappa shape index (κ3) is 6.26. The third-order valence-corrected chi connectivity index (χ3v) is 7.66. The van der Waals surface area contributed by atoms with Gasteiger partial charge in [-0.3, -0.25) is 9.78 Å². The Bertz CT molecular complexity index is 1650. The molecule has 1 N–H and O–H groups in total. The van der Waals surface area contributed by atoms with Crippen LogP contribution in [0.5, 0.6) is 0 Å². The topological polar surface area (TPSA) is 103 Å². The van der Waals surface area contributed by atoms with E-state index in [2.05, 4.69) is 14.8 Å². The van der Waals surface area contributed by atoms with Crippen LogP contribution in [0.3, 0.4) is 0 Å². The highest BCUT2D eigenvalue weighted by atomic mass is 35.5. The summed E-state index contributed by atoms with van der Waals surface area (Å²) in [6, 6.07) is 9.61. The Balaban J connectivity index is 1.74. The van der Waals surface area contributed by atoms with Crippen LogP contribution in [-0.4, -0.2) is 36.1 Å². The molecule has 2 aromatic heterocycles. The van der Waals surface area contributed by atoms with Gasteiger partial charge in [0.05, 0.1) is 31.2 Å². The fraction of sp³-hybridized carbons (Fsp3) is 0.125. The fourth-order valence-corrected chi connectivity index (χ4v) is 5.32. The SMILES string of the molecule is COC(NS(=O)(=O)c1ccc(Cl)c(C(F)(F)F)c1)c1cc(Cl)cnc1C(=O)c1cc(-n2cccn2)ccc1Cl. The van der Waals surface area contributed by atoms with E-state index in [1.165, 1.54) is 29.1 Å². The van der Waals surface area contributed by atoms with Gasteiger partial charge < -0.3 is 4.74 Å². The molecule has 0 spiro atoms. The number of nitrogens with zero attached hydrogens (tertiary/aromatic N) is 3. The number of ether oxygens (including phenoxy) is 1. The minimum Gasteiger partial charge on any atom is -0.361 e. The first-order valence-corrected chi connectivity index (χ1v) is 13.3. The molecule has 2 aromatic carbocycles. The maximum atomic E-state index is 13.6. The van der Waals surface area contributed by atoms with Gasteiger partial charge in [0.15, 0.2) is 0 Å². The van der Waals surface area contributed by atoms with Crippen molar-refractivity contribution in [3.8, 4) is 5.69 Å². The molecule has 2 heterocycles. The Labute approximate surface area is 235 Å². The molecule has 8 nitrogen and oxygen atoms in total. The Kier molecular flexibility index (Phi) is 8.36. The molecule has 15 heteroatoms. The predicted molar refractivity (Wildman–Crippen MR) is 138 cm³/mol. The van der Waals surface area contributed by atoms with Crippen molar-refractivity contribution >= 4 is 50.6 Å². The molecular formula is C24H16Cl3F3N4O4S. The van der Waals surface area contributed by atoms with E-state index in [4.69, 9.17) is 39.5 Å². The first-order valence-electron chi connectivity index (χ1n) is 10.7. The van der Waals surface area contributed by atoms with Crippen molar-refractivity contribution in [2.45, 2.75) is 17.3 Å². The Hall–Kier alpha value is -3.00. The summed E-state index contributed by atoms with van der Waals surface area (Å²) in [6.45, 7) is 0. The standard InChI is InChI=1S/C24H16Cl3F3N4O4S/c1-38-23(33-39(36,37)15-4-6-20(27)18(11-15)24(28,29)30)17-9-13(25)12-31-21(17)22(35)16-10-14(3-5-19(16)26)34-8-2-7-32-34/h2-12,23,33H,1H3. The molecule has 0 amide bonds. The number of benzene rings is 2. The van der Waals surface area contributed by atoms with Crippen molar-refractivity contribution in [1.29, 1.82) is 0 Å². The van der Waals surface area contributed by atoms with Crippen LogP contribution >= 0.6 is 34.8 Å². The number of nitrogens with one attached hydrogen (secondary N) is 1. The number of ketones is 1. The van der Waals surface area contributed by atoms with E-state index in [-0.39, 0.29) is 26.9 Å². The van der Waals surface area contributed by atoms with E-state index in [1.54, 1.807) is 24.5 Å². The number of pyridine rings is 1. The zero-order valence-corrected chi connectivity index (χ0v) is 22.7. The van der Waals surface area contributed by atoms with E-state index in [0.717, 1.165) is 19.2 Å². The minimum atomic E-state index is -4.90. The summed E-state index contributed by atoms with van der Waals surface area (Å²) in [5.74, 6) is -0.701. The van der Waals surface area contributed by atoms with Crippen LogP contribution < -0.4 is 4.72 Å². The van der Waals surface area contributed by atoms with Gasteiger partial charge in [-0.1, -0.05) is 34.8 Å². The van der Waals surface area contributed by atoms with Gasteiger partial charge in [0, 0.05) is 36.8 Å². The molecule has 0 aliphatic rings. The smallest absolute Gasteiger partial charge is 0.361 e. The van der Waals surface area contributed by atoms with Crippen molar-refractivity contribution < 1.29 is 31.1 Å². The molecule has 204 valence electrons. The van der Waals surface area contributed by atoms with Gasteiger partial charge >= 0.3 is 6.18 Å². The molecule has 0 bridgehead atoms. The van der Waals surface area contributed by atoms with E-state index < -0.39 is 43.7 Å². The first-order chi connectivity index (χ1) is 18.3. The highest BCUT2D eigenvalue weighted by Gasteiger charge is 2.35. The molecule has 0 aliphatic carbocycles. The van der Waals surface area contributed by atoms with Crippen molar-refractivity contribution in [2.24, 2.45) is 0 Å². The van der Waals surface area contributed by atoms with Crippen LogP contribution in [-0.2, 0) is 20.9 Å². The lowest BCUT2D eigenvalue weighted by Crippen LogP contribution is -2.31. The van der Waals surface area contributed by atoms with Crippen LogP contribution in [0.4, 0.5) is 13.2 Å². The number of halogens is 6. The van der Waals surface area contributed by atoms with Crippen LogP contribution in [0.15, 0.2) is 72.0 Å². The number of alkyl halides is 3. The summed E-state index contributed by atoms with van der Waals surface area (Å²) in [5.41, 5.74) is -1.18. The summed E-state index contributed by atoms with van der Waals surface area (Å²) in [6.07, 6.45) is -2.12. The third-order valence-electron chi connectivity index (χ3n) is 5.40. The predicted octanol–water partition coefficient (Wildman–Crippen LogP) is 6.10. The number of sulfonamides is 1. The Morgan fingerprint density at radius 3 is 2.44 bits per heavy atom. The number of carbonyl (C=O) groups is 1. The summed E-state index contributed by atoms with van der Waals surface area (Å²) in [7, 11) is -3.52. The number of methoxy groups -OCH3 is 1. The van der Waals surface area contributed by atoms with Gasteiger partial charge in [0.2, 0.25) is 15.8 Å². The van der Waals surface area contributed by atoms with Gasteiger partial charge in [0.1, 0.15) is 11.9 Å². The molecule has 0 aliphatic heterocycles. The number of hydrogen-bond acceptors (Lipinski definition) is 6. The fourth-order valence-electron chi connectivity index (χ4n) is 3.56. The normalized spacial score (nSPS) is 12.9. The van der Waals surface area contributed by atoms with E-state index in [0.29, 0.717) is 11.8 Å². The van der Waals surface area contributed by atoms with Crippen LogP contribution in [0.25, 0.3) is 5.69 Å². The number of rotatable bonds is 8. The van der Waals surface area contributed by atoms with Crippen molar-refractivity contribution in [2.75, 3.05) is 7.11 Å².